The molecular formula is C21H17F2NO2S2. The number of thiophene rings is 2. The van der Waals surface area contributed by atoms with Crippen LogP contribution in [-0.4, -0.2) is 24.0 Å². The van der Waals surface area contributed by atoms with Crippen molar-refractivity contribution in [1.29, 1.82) is 0 Å². The van der Waals surface area contributed by atoms with E-state index in [0.29, 0.717) is 12.1 Å². The second kappa shape index (κ2) is 8.24. The highest BCUT2D eigenvalue weighted by molar-refractivity contribution is 7.10. The van der Waals surface area contributed by atoms with E-state index in [1.807, 2.05) is 22.4 Å². The Hall–Kier alpha value is -2.51. The summed E-state index contributed by atoms with van der Waals surface area (Å²) in [5.74, 6) is -0.0998. The maximum Gasteiger partial charge on any atom is 0.387 e. The minimum Gasteiger partial charge on any atom is -0.434 e. The van der Waals surface area contributed by atoms with Crippen LogP contribution in [0, 0.1) is 0 Å². The number of hydrogen-bond donors (Lipinski definition) is 0. The van der Waals surface area contributed by atoms with Crippen LogP contribution in [0.15, 0.2) is 59.3 Å². The number of rotatable bonds is 5. The summed E-state index contributed by atoms with van der Waals surface area (Å²) in [7, 11) is 0. The molecule has 2 aromatic heterocycles. The molecule has 0 aliphatic carbocycles. The molecule has 28 heavy (non-hydrogen) atoms. The Labute approximate surface area is 169 Å². The largest absolute Gasteiger partial charge is 0.434 e. The molecule has 1 aliphatic heterocycles. The average molecular weight is 418 g/mol. The summed E-state index contributed by atoms with van der Waals surface area (Å²) in [5, 5.41) is 4.07. The fraction of sp³-hybridized carbons (Fsp3) is 0.190. The Morgan fingerprint density at radius 1 is 1.14 bits per heavy atom. The van der Waals surface area contributed by atoms with Crippen molar-refractivity contribution < 1.29 is 18.3 Å². The van der Waals surface area contributed by atoms with Crippen molar-refractivity contribution in [2.24, 2.45) is 0 Å². The number of hydrogen-bond acceptors (Lipinski definition) is 4. The highest BCUT2D eigenvalue weighted by Crippen LogP contribution is 2.39. The fourth-order valence-electron chi connectivity index (χ4n) is 3.39. The van der Waals surface area contributed by atoms with Crippen LogP contribution in [0.5, 0.6) is 5.75 Å². The Kier molecular flexibility index (Phi) is 5.54. The number of alkyl halides is 2. The van der Waals surface area contributed by atoms with E-state index in [1.54, 1.807) is 40.9 Å². The molecule has 3 nitrogen and oxygen atoms in total. The normalized spacial score (nSPS) is 16.5. The average Bonchev–Trinajstić information content (AvgIpc) is 3.37. The topological polar surface area (TPSA) is 29.5 Å². The second-order valence-electron chi connectivity index (χ2n) is 6.25. The second-order valence-corrected chi connectivity index (χ2v) is 8.23. The first-order valence-corrected chi connectivity index (χ1v) is 10.5. The van der Waals surface area contributed by atoms with Crippen LogP contribution in [0.1, 0.15) is 26.9 Å². The first kappa shape index (κ1) is 18.8. The van der Waals surface area contributed by atoms with Gasteiger partial charge in [0.2, 0.25) is 5.91 Å². The molecule has 3 heterocycles. The molecule has 1 aromatic carbocycles. The predicted octanol–water partition coefficient (Wildman–Crippen LogP) is 5.60. The highest BCUT2D eigenvalue weighted by Gasteiger charge is 2.32. The van der Waals surface area contributed by atoms with Crippen LogP contribution in [0.2, 0.25) is 0 Å². The number of carbonyl (C=O) groups excluding carboxylic acids is 1. The molecule has 1 unspecified atom stereocenters. The van der Waals surface area contributed by atoms with Gasteiger partial charge in [0.1, 0.15) is 5.75 Å². The molecule has 0 saturated carbocycles. The smallest absolute Gasteiger partial charge is 0.387 e. The third-order valence-corrected chi connectivity index (χ3v) is 6.52. The summed E-state index contributed by atoms with van der Waals surface area (Å²) in [4.78, 5) is 17.3. The van der Waals surface area contributed by atoms with Crippen LogP contribution >= 0.6 is 22.7 Å². The van der Waals surface area contributed by atoms with E-state index < -0.39 is 6.61 Å². The van der Waals surface area contributed by atoms with Gasteiger partial charge in [-0.25, -0.2) is 0 Å². The number of nitrogens with zero attached hydrogens (tertiary/aromatic N) is 1. The zero-order valence-electron chi connectivity index (χ0n) is 14.8. The molecule has 7 heteroatoms. The maximum absolute atomic E-state index is 13.0. The van der Waals surface area contributed by atoms with Crippen molar-refractivity contribution in [2.75, 3.05) is 6.54 Å². The van der Waals surface area contributed by atoms with Crippen molar-refractivity contribution >= 4 is 34.7 Å². The summed E-state index contributed by atoms with van der Waals surface area (Å²) in [6.07, 6.45) is 3.79. The summed E-state index contributed by atoms with van der Waals surface area (Å²) in [6.45, 7) is -2.29. The number of benzene rings is 1. The van der Waals surface area contributed by atoms with Gasteiger partial charge < -0.3 is 9.64 Å². The molecule has 144 valence electrons. The predicted molar refractivity (Wildman–Crippen MR) is 108 cm³/mol. The quantitative estimate of drug-likeness (QED) is 0.506. The van der Waals surface area contributed by atoms with Gasteiger partial charge in [-0.15, -0.1) is 22.7 Å². The lowest BCUT2D eigenvalue weighted by Gasteiger charge is -2.34. The molecule has 1 aliphatic rings. The minimum atomic E-state index is -2.91. The van der Waals surface area contributed by atoms with Gasteiger partial charge >= 0.3 is 6.61 Å². The van der Waals surface area contributed by atoms with Crippen LogP contribution in [0.25, 0.3) is 6.08 Å². The van der Waals surface area contributed by atoms with Crippen molar-refractivity contribution in [3.05, 3.63) is 80.2 Å². The molecule has 4 rings (SSSR count). The lowest BCUT2D eigenvalue weighted by atomic mass is 9.98. The Balaban J connectivity index is 1.60. The SMILES string of the molecule is O=C(C=Cc1ccccc1OC(F)F)N1CCc2sccc2C1c1cccs1. The van der Waals surface area contributed by atoms with E-state index in [0.717, 1.165) is 11.3 Å². The third kappa shape index (κ3) is 3.86. The lowest BCUT2D eigenvalue weighted by molar-refractivity contribution is -0.127. The van der Waals surface area contributed by atoms with Gasteiger partial charge in [0.25, 0.3) is 0 Å². The van der Waals surface area contributed by atoms with E-state index in [-0.39, 0.29) is 17.7 Å². The van der Waals surface area contributed by atoms with E-state index in [4.69, 9.17) is 0 Å². The number of ether oxygens (including phenoxy) is 1. The van der Waals surface area contributed by atoms with Gasteiger partial charge in [-0.05, 0) is 47.0 Å². The van der Waals surface area contributed by atoms with E-state index in [1.165, 1.54) is 28.7 Å². The molecule has 0 spiro atoms. The molecule has 0 saturated heterocycles. The fourth-order valence-corrected chi connectivity index (χ4v) is 5.14. The number of amides is 1. The Morgan fingerprint density at radius 3 is 2.79 bits per heavy atom. The lowest BCUT2D eigenvalue weighted by Crippen LogP contribution is -2.38. The highest BCUT2D eigenvalue weighted by atomic mass is 32.1. The first-order valence-electron chi connectivity index (χ1n) is 8.75. The number of carbonyl (C=O) groups is 1. The standard InChI is InChI=1S/C21H17F2NO2S2/c22-21(23)26-16-5-2-1-4-14(16)7-8-19(25)24-11-9-17-15(10-13-28-17)20(24)18-6-3-12-27-18/h1-8,10,12-13,20-21H,9,11H2. The number of halogens is 2. The van der Waals surface area contributed by atoms with Crippen molar-refractivity contribution in [3.63, 3.8) is 0 Å². The van der Waals surface area contributed by atoms with E-state index in [2.05, 4.69) is 16.2 Å². The van der Waals surface area contributed by atoms with Gasteiger partial charge in [-0.2, -0.15) is 8.78 Å². The Bertz CT molecular complexity index is 982. The van der Waals surface area contributed by atoms with Crippen LogP contribution < -0.4 is 4.74 Å². The van der Waals surface area contributed by atoms with Gasteiger partial charge in [0.05, 0.1) is 6.04 Å². The molecule has 0 bridgehead atoms. The van der Waals surface area contributed by atoms with E-state index in [9.17, 15) is 13.6 Å². The molecule has 1 amide bonds. The maximum atomic E-state index is 13.0. The van der Waals surface area contributed by atoms with Crippen molar-refractivity contribution in [2.45, 2.75) is 19.1 Å². The molecule has 0 radical (unpaired) electrons. The van der Waals surface area contributed by atoms with Crippen LogP contribution in [0.3, 0.4) is 0 Å². The summed E-state index contributed by atoms with van der Waals surface area (Å²) in [5.41, 5.74) is 1.61. The summed E-state index contributed by atoms with van der Waals surface area (Å²) < 4.78 is 29.7. The molecule has 0 N–H and O–H groups in total. The summed E-state index contributed by atoms with van der Waals surface area (Å²) in [6, 6.07) is 12.4. The van der Waals surface area contributed by atoms with Gasteiger partial charge in [0.15, 0.2) is 0 Å². The molecule has 3 aromatic rings. The number of para-hydroxylation sites is 1. The van der Waals surface area contributed by atoms with Crippen molar-refractivity contribution in [1.82, 2.24) is 4.90 Å². The monoisotopic (exact) mass is 417 g/mol. The Morgan fingerprint density at radius 2 is 2.00 bits per heavy atom. The summed E-state index contributed by atoms with van der Waals surface area (Å²) >= 11 is 3.34. The van der Waals surface area contributed by atoms with Crippen molar-refractivity contribution in [3.8, 4) is 5.75 Å². The molecule has 1 atom stereocenters. The van der Waals surface area contributed by atoms with Gasteiger partial charge in [-0.1, -0.05) is 24.3 Å². The third-order valence-electron chi connectivity index (χ3n) is 4.60. The number of fused-ring (bicyclic) bond motifs is 1. The molecule has 0 fully saturated rings. The minimum absolute atomic E-state index is 0.0510. The van der Waals surface area contributed by atoms with Crippen LogP contribution in [0.4, 0.5) is 8.78 Å². The van der Waals surface area contributed by atoms with Gasteiger partial charge in [-0.3, -0.25) is 4.79 Å². The van der Waals surface area contributed by atoms with E-state index >= 15 is 0 Å². The van der Waals surface area contributed by atoms with Gasteiger partial charge in [0, 0.05) is 27.9 Å². The molecular weight excluding hydrogens is 400 g/mol. The zero-order chi connectivity index (χ0) is 19.5. The zero-order valence-corrected chi connectivity index (χ0v) is 16.4. The van der Waals surface area contributed by atoms with Crippen LogP contribution in [-0.2, 0) is 11.2 Å². The first-order chi connectivity index (χ1) is 13.6.